The van der Waals surface area contributed by atoms with Gasteiger partial charge in [0.25, 0.3) is 0 Å². The zero-order valence-electron chi connectivity index (χ0n) is 22.6. The Morgan fingerprint density at radius 3 is 2.21 bits per heavy atom. The summed E-state index contributed by atoms with van der Waals surface area (Å²) < 4.78 is 13.3. The maximum Gasteiger partial charge on any atom is 0.410 e. The second-order valence-electron chi connectivity index (χ2n) is 12.1. The highest BCUT2D eigenvalue weighted by atomic mass is 16.6. The maximum absolute atomic E-state index is 12.5. The standard InChI is InChI=1S/C26H45N5O3/c1-18-19(2)31(20-9-12-28(13-10-20)24(32)34-25(3,4)5)27-23(18)30-14-11-21(15-26(30,6)7)29-16-22(17-29)33-8/h20-22H,9-17H2,1-8H3. The number of aromatic nitrogens is 2. The van der Waals surface area contributed by atoms with E-state index in [0.717, 1.165) is 44.7 Å². The maximum atomic E-state index is 12.5. The Hall–Kier alpha value is -1.80. The van der Waals surface area contributed by atoms with Crippen molar-refractivity contribution in [1.82, 2.24) is 19.6 Å². The molecule has 0 spiro atoms. The molecule has 1 atom stereocenters. The Bertz CT molecular complexity index is 876. The molecule has 0 saturated carbocycles. The van der Waals surface area contributed by atoms with E-state index in [2.05, 4.69) is 42.2 Å². The number of carbonyl (C=O) groups excluding carboxylic acids is 1. The number of nitrogens with zero attached hydrogens (tertiary/aromatic N) is 5. The molecule has 3 fully saturated rings. The van der Waals surface area contributed by atoms with Gasteiger partial charge in [-0.2, -0.15) is 5.10 Å². The first kappa shape index (κ1) is 25.3. The molecule has 3 aliphatic heterocycles. The van der Waals surface area contributed by atoms with Crippen LogP contribution in [0.15, 0.2) is 0 Å². The summed E-state index contributed by atoms with van der Waals surface area (Å²) in [6.07, 6.45) is 4.32. The molecule has 1 amide bonds. The van der Waals surface area contributed by atoms with Crippen LogP contribution in [0.1, 0.15) is 77.6 Å². The molecule has 0 radical (unpaired) electrons. The first-order chi connectivity index (χ1) is 15.9. The minimum Gasteiger partial charge on any atom is -0.444 e. The van der Waals surface area contributed by atoms with Crippen molar-refractivity contribution in [2.45, 2.75) is 103 Å². The SMILES string of the molecule is COC1CN(C2CCN(c3nn(C4CCN(C(=O)OC(C)(C)C)CC4)c(C)c3C)C(C)(C)C2)C1. The lowest BCUT2D eigenvalue weighted by atomic mass is 9.84. The van der Waals surface area contributed by atoms with Crippen molar-refractivity contribution >= 4 is 11.9 Å². The highest BCUT2D eigenvalue weighted by Crippen LogP contribution is 2.38. The molecule has 4 rings (SSSR count). The summed E-state index contributed by atoms with van der Waals surface area (Å²) in [4.78, 5) is 19.4. The average molecular weight is 476 g/mol. The molecule has 1 aromatic heterocycles. The van der Waals surface area contributed by atoms with E-state index in [9.17, 15) is 4.79 Å². The van der Waals surface area contributed by atoms with Crippen LogP contribution < -0.4 is 4.90 Å². The van der Waals surface area contributed by atoms with Crippen molar-refractivity contribution in [1.29, 1.82) is 0 Å². The molecule has 1 unspecified atom stereocenters. The summed E-state index contributed by atoms with van der Waals surface area (Å²) in [5.74, 6) is 1.13. The molecule has 3 aliphatic rings. The molecule has 192 valence electrons. The van der Waals surface area contributed by atoms with Gasteiger partial charge in [0.1, 0.15) is 5.60 Å². The summed E-state index contributed by atoms with van der Waals surface area (Å²) in [7, 11) is 1.82. The lowest BCUT2D eigenvalue weighted by Crippen LogP contribution is -2.62. The van der Waals surface area contributed by atoms with E-state index >= 15 is 0 Å². The minimum atomic E-state index is -0.458. The van der Waals surface area contributed by atoms with Crippen LogP contribution in [0.5, 0.6) is 0 Å². The van der Waals surface area contributed by atoms with Gasteiger partial charge in [-0.3, -0.25) is 9.58 Å². The highest BCUT2D eigenvalue weighted by molar-refractivity contribution is 5.68. The van der Waals surface area contributed by atoms with Crippen molar-refractivity contribution in [3.8, 4) is 0 Å². The second-order valence-corrected chi connectivity index (χ2v) is 12.1. The number of amides is 1. The highest BCUT2D eigenvalue weighted by Gasteiger charge is 2.42. The smallest absolute Gasteiger partial charge is 0.410 e. The number of carbonyl (C=O) groups is 1. The van der Waals surface area contributed by atoms with Crippen LogP contribution in [0.4, 0.5) is 10.6 Å². The fraction of sp³-hybridized carbons (Fsp3) is 0.846. The van der Waals surface area contributed by atoms with Crippen molar-refractivity contribution < 1.29 is 14.3 Å². The van der Waals surface area contributed by atoms with E-state index < -0.39 is 5.60 Å². The first-order valence-corrected chi connectivity index (χ1v) is 13.0. The van der Waals surface area contributed by atoms with Crippen molar-refractivity contribution in [3.63, 3.8) is 0 Å². The molecule has 3 saturated heterocycles. The molecule has 0 aromatic carbocycles. The van der Waals surface area contributed by atoms with E-state index in [4.69, 9.17) is 14.6 Å². The van der Waals surface area contributed by atoms with Crippen LogP contribution in [0, 0.1) is 13.8 Å². The van der Waals surface area contributed by atoms with Crippen LogP contribution in [-0.4, -0.2) is 88.8 Å². The van der Waals surface area contributed by atoms with Gasteiger partial charge >= 0.3 is 6.09 Å². The van der Waals surface area contributed by atoms with Gasteiger partial charge in [0.2, 0.25) is 0 Å². The summed E-state index contributed by atoms with van der Waals surface area (Å²) in [5.41, 5.74) is 2.12. The third kappa shape index (κ3) is 5.08. The molecule has 0 aliphatic carbocycles. The molecule has 8 nitrogen and oxygen atoms in total. The molecular weight excluding hydrogens is 430 g/mol. The largest absolute Gasteiger partial charge is 0.444 e. The summed E-state index contributed by atoms with van der Waals surface area (Å²) in [6, 6.07) is 0.942. The monoisotopic (exact) mass is 475 g/mol. The van der Waals surface area contributed by atoms with Crippen LogP contribution >= 0.6 is 0 Å². The minimum absolute atomic E-state index is 0.0531. The zero-order valence-corrected chi connectivity index (χ0v) is 22.6. The number of ether oxygens (including phenoxy) is 2. The van der Waals surface area contributed by atoms with Crippen molar-refractivity contribution in [2.75, 3.05) is 44.7 Å². The van der Waals surface area contributed by atoms with Gasteiger partial charge in [0.15, 0.2) is 5.82 Å². The Kier molecular flexibility index (Phi) is 6.95. The molecule has 0 bridgehead atoms. The second kappa shape index (κ2) is 9.34. The van der Waals surface area contributed by atoms with E-state index in [1.54, 1.807) is 0 Å². The Labute approximate surface area is 205 Å². The number of hydrogen-bond acceptors (Lipinski definition) is 6. The third-order valence-corrected chi connectivity index (χ3v) is 8.02. The molecule has 34 heavy (non-hydrogen) atoms. The molecular formula is C26H45N5O3. The topological polar surface area (TPSA) is 63.1 Å². The first-order valence-electron chi connectivity index (χ1n) is 13.0. The molecule has 8 heteroatoms. The molecule has 0 N–H and O–H groups in total. The van der Waals surface area contributed by atoms with Crippen LogP contribution in [-0.2, 0) is 9.47 Å². The van der Waals surface area contributed by atoms with E-state index in [1.807, 2.05) is 32.8 Å². The molecule has 4 heterocycles. The predicted octanol–water partition coefficient (Wildman–Crippen LogP) is 4.15. The number of hydrogen-bond donors (Lipinski definition) is 0. The van der Waals surface area contributed by atoms with Gasteiger partial charge in [-0.25, -0.2) is 4.79 Å². The Morgan fingerprint density at radius 1 is 1.03 bits per heavy atom. The Morgan fingerprint density at radius 2 is 1.65 bits per heavy atom. The van der Waals surface area contributed by atoms with Gasteiger partial charge in [0, 0.05) is 62.7 Å². The number of anilines is 1. The van der Waals surface area contributed by atoms with E-state index in [-0.39, 0.29) is 11.6 Å². The third-order valence-electron chi connectivity index (χ3n) is 8.02. The van der Waals surface area contributed by atoms with Crippen molar-refractivity contribution in [3.05, 3.63) is 11.3 Å². The van der Waals surface area contributed by atoms with Gasteiger partial charge < -0.3 is 19.3 Å². The number of piperidine rings is 2. The van der Waals surface area contributed by atoms with Crippen LogP contribution in [0.2, 0.25) is 0 Å². The van der Waals surface area contributed by atoms with Crippen LogP contribution in [0.3, 0.4) is 0 Å². The van der Waals surface area contributed by atoms with Gasteiger partial charge in [-0.05, 0) is 74.1 Å². The predicted molar refractivity (Wildman–Crippen MR) is 135 cm³/mol. The van der Waals surface area contributed by atoms with Crippen LogP contribution in [0.25, 0.3) is 0 Å². The number of rotatable bonds is 4. The average Bonchev–Trinajstić information content (AvgIpc) is 3.00. The number of methoxy groups -OCH3 is 1. The fourth-order valence-electron chi connectivity index (χ4n) is 5.81. The lowest BCUT2D eigenvalue weighted by molar-refractivity contribution is -0.0598. The quantitative estimate of drug-likeness (QED) is 0.652. The zero-order chi connectivity index (χ0) is 24.8. The normalized spacial score (nSPS) is 24.9. The van der Waals surface area contributed by atoms with Gasteiger partial charge in [0.05, 0.1) is 12.1 Å². The number of likely N-dealkylation sites (tertiary alicyclic amines) is 2. The Balaban J connectivity index is 1.41. The van der Waals surface area contributed by atoms with E-state index in [1.165, 1.54) is 17.7 Å². The summed E-state index contributed by atoms with van der Waals surface area (Å²) >= 11 is 0. The summed E-state index contributed by atoms with van der Waals surface area (Å²) in [5, 5.41) is 5.19. The van der Waals surface area contributed by atoms with Gasteiger partial charge in [-0.15, -0.1) is 0 Å². The van der Waals surface area contributed by atoms with E-state index in [0.29, 0.717) is 31.3 Å². The summed E-state index contributed by atoms with van der Waals surface area (Å²) in [6.45, 7) is 19.4. The van der Waals surface area contributed by atoms with Gasteiger partial charge in [-0.1, -0.05) is 0 Å². The fourth-order valence-corrected chi connectivity index (χ4v) is 5.81. The lowest BCUT2D eigenvalue weighted by Gasteiger charge is -2.52. The molecule has 1 aromatic rings. The van der Waals surface area contributed by atoms with Crippen molar-refractivity contribution in [2.24, 2.45) is 0 Å².